The Morgan fingerprint density at radius 3 is 2.45 bits per heavy atom. The molecule has 0 unspecified atom stereocenters. The van der Waals surface area contributed by atoms with Crippen molar-refractivity contribution in [2.45, 2.75) is 38.7 Å². The van der Waals surface area contributed by atoms with Crippen LogP contribution in [0.3, 0.4) is 0 Å². The second-order valence-electron chi connectivity index (χ2n) is 8.36. The van der Waals surface area contributed by atoms with Gasteiger partial charge in [0.15, 0.2) is 0 Å². The second kappa shape index (κ2) is 8.73. The third kappa shape index (κ3) is 4.60. The molecule has 0 aromatic heterocycles. The minimum absolute atomic E-state index is 0.292. The summed E-state index contributed by atoms with van der Waals surface area (Å²) in [5.74, 6) is -5.86. The second-order valence-corrected chi connectivity index (χ2v) is 8.36. The number of aryl methyl sites for hydroxylation is 2. The molecule has 2 aliphatic heterocycles. The molecule has 1 aromatic rings. The average Bonchev–Trinajstić information content (AvgIpc) is 2.71. The number of amides is 2. The quantitative estimate of drug-likeness (QED) is 0.564. The number of benzene rings is 1. The molecule has 2 heterocycles. The van der Waals surface area contributed by atoms with Crippen molar-refractivity contribution in [2.75, 3.05) is 26.7 Å². The lowest BCUT2D eigenvalue weighted by molar-refractivity contribution is -0.162. The van der Waals surface area contributed by atoms with Gasteiger partial charge in [-0.25, -0.2) is 14.3 Å². The first-order chi connectivity index (χ1) is 14.6. The predicted molar refractivity (Wildman–Crippen MR) is 109 cm³/mol. The number of piperidine rings is 1. The summed E-state index contributed by atoms with van der Waals surface area (Å²) in [5, 5.41) is 18.2. The Morgan fingerprint density at radius 2 is 1.94 bits per heavy atom. The van der Waals surface area contributed by atoms with E-state index in [2.05, 4.69) is 6.07 Å². The van der Waals surface area contributed by atoms with Crippen molar-refractivity contribution < 1.29 is 23.6 Å². The standard InChI is InChI=1S/C22H26F2N4O3/c1-13-8-16(9-14(2)18(13)11-25)15-4-6-28(7-5-15)21(30)19-17(20(29)26-31)10-22(23,24)12-27(19)3/h4,8-9,17,19,31H,5-7,10,12H2,1-3H3,(H,26,29)/t17-,19-/m0/s1. The van der Waals surface area contributed by atoms with Gasteiger partial charge in [0.25, 0.3) is 5.92 Å². The van der Waals surface area contributed by atoms with Gasteiger partial charge in [-0.3, -0.25) is 19.7 Å². The van der Waals surface area contributed by atoms with Gasteiger partial charge in [-0.1, -0.05) is 18.2 Å². The lowest BCUT2D eigenvalue weighted by Gasteiger charge is -2.43. The minimum atomic E-state index is -3.12. The molecular formula is C22H26F2N4O3. The lowest BCUT2D eigenvalue weighted by atomic mass is 9.85. The monoisotopic (exact) mass is 432 g/mol. The van der Waals surface area contributed by atoms with Crippen molar-refractivity contribution >= 4 is 17.4 Å². The molecule has 31 heavy (non-hydrogen) atoms. The largest absolute Gasteiger partial charge is 0.337 e. The Balaban J connectivity index is 1.79. The predicted octanol–water partition coefficient (Wildman–Crippen LogP) is 2.25. The number of halogens is 2. The first-order valence-corrected chi connectivity index (χ1v) is 10.1. The van der Waals surface area contributed by atoms with E-state index >= 15 is 0 Å². The number of likely N-dealkylation sites (N-methyl/N-ethyl adjacent to an activating group) is 1. The number of carbonyl (C=O) groups excluding carboxylic acids is 2. The van der Waals surface area contributed by atoms with E-state index in [4.69, 9.17) is 5.21 Å². The van der Waals surface area contributed by atoms with Crippen LogP contribution in [0.2, 0.25) is 0 Å². The highest BCUT2D eigenvalue weighted by Gasteiger charge is 2.51. The van der Waals surface area contributed by atoms with Gasteiger partial charge in [-0.05, 0) is 49.6 Å². The number of likely N-dealkylation sites (tertiary alicyclic amines) is 1. The summed E-state index contributed by atoms with van der Waals surface area (Å²) in [5.41, 5.74) is 5.90. The number of hydroxylamine groups is 1. The van der Waals surface area contributed by atoms with Crippen LogP contribution >= 0.6 is 0 Å². The van der Waals surface area contributed by atoms with Crippen molar-refractivity contribution in [3.05, 3.63) is 40.5 Å². The fraction of sp³-hybridized carbons (Fsp3) is 0.500. The first-order valence-electron chi connectivity index (χ1n) is 10.1. The molecule has 0 radical (unpaired) electrons. The van der Waals surface area contributed by atoms with Crippen molar-refractivity contribution in [1.82, 2.24) is 15.3 Å². The first kappa shape index (κ1) is 22.8. The molecule has 2 N–H and O–H groups in total. The van der Waals surface area contributed by atoms with Crippen LogP contribution in [0.25, 0.3) is 5.57 Å². The van der Waals surface area contributed by atoms with Crippen LogP contribution in [-0.2, 0) is 9.59 Å². The number of hydrogen-bond donors (Lipinski definition) is 2. The molecule has 7 nitrogen and oxygen atoms in total. The number of rotatable bonds is 3. The summed E-state index contributed by atoms with van der Waals surface area (Å²) >= 11 is 0. The molecule has 0 bridgehead atoms. The highest BCUT2D eigenvalue weighted by Crippen LogP contribution is 2.35. The zero-order valence-electron chi connectivity index (χ0n) is 17.8. The van der Waals surface area contributed by atoms with E-state index in [1.807, 2.05) is 32.1 Å². The lowest BCUT2D eigenvalue weighted by Crippen LogP contribution is -2.61. The highest BCUT2D eigenvalue weighted by atomic mass is 19.3. The van der Waals surface area contributed by atoms with E-state index in [0.717, 1.165) is 22.3 Å². The maximum absolute atomic E-state index is 14.0. The average molecular weight is 432 g/mol. The van der Waals surface area contributed by atoms with Crippen LogP contribution < -0.4 is 5.48 Å². The van der Waals surface area contributed by atoms with Crippen molar-refractivity contribution in [3.8, 4) is 6.07 Å². The molecule has 1 fully saturated rings. The van der Waals surface area contributed by atoms with E-state index in [1.54, 1.807) is 4.90 Å². The molecule has 2 amide bonds. The normalized spacial score (nSPS) is 23.6. The molecule has 3 rings (SSSR count). The third-order valence-corrected chi connectivity index (χ3v) is 6.09. The zero-order chi connectivity index (χ0) is 22.9. The highest BCUT2D eigenvalue weighted by molar-refractivity contribution is 5.90. The number of nitrogens with one attached hydrogen (secondary N) is 1. The van der Waals surface area contributed by atoms with Crippen LogP contribution in [0.5, 0.6) is 0 Å². The summed E-state index contributed by atoms with van der Waals surface area (Å²) in [6.07, 6.45) is 1.69. The third-order valence-electron chi connectivity index (χ3n) is 6.09. The van der Waals surface area contributed by atoms with Crippen molar-refractivity contribution in [1.29, 1.82) is 5.26 Å². The van der Waals surface area contributed by atoms with Gasteiger partial charge in [0.1, 0.15) is 6.04 Å². The molecule has 166 valence electrons. The molecule has 1 aromatic carbocycles. The number of nitriles is 1. The summed E-state index contributed by atoms with van der Waals surface area (Å²) in [7, 11) is 1.39. The van der Waals surface area contributed by atoms with Crippen LogP contribution in [0, 0.1) is 31.1 Å². The Labute approximate surface area is 179 Å². The van der Waals surface area contributed by atoms with Crippen LogP contribution in [0.1, 0.15) is 35.1 Å². The fourth-order valence-electron chi connectivity index (χ4n) is 4.59. The van der Waals surface area contributed by atoms with Crippen LogP contribution in [0.15, 0.2) is 18.2 Å². The van der Waals surface area contributed by atoms with Gasteiger partial charge in [0.05, 0.1) is 24.1 Å². The summed E-state index contributed by atoms with van der Waals surface area (Å²) in [6, 6.07) is 5.03. The smallest absolute Gasteiger partial charge is 0.261 e. The summed E-state index contributed by atoms with van der Waals surface area (Å²) in [6.45, 7) is 3.82. The zero-order valence-corrected chi connectivity index (χ0v) is 17.8. The maximum Gasteiger partial charge on any atom is 0.261 e. The van der Waals surface area contributed by atoms with Gasteiger partial charge in [-0.15, -0.1) is 0 Å². The molecule has 9 heteroatoms. The van der Waals surface area contributed by atoms with Gasteiger partial charge in [0.2, 0.25) is 11.8 Å². The van der Waals surface area contributed by atoms with Gasteiger partial charge in [-0.2, -0.15) is 5.26 Å². The molecule has 2 aliphatic rings. The molecule has 0 aliphatic carbocycles. The van der Waals surface area contributed by atoms with Crippen molar-refractivity contribution in [2.24, 2.45) is 5.92 Å². The molecule has 1 saturated heterocycles. The van der Waals surface area contributed by atoms with Crippen LogP contribution in [-0.4, -0.2) is 65.5 Å². The number of alkyl halides is 2. The Morgan fingerprint density at radius 1 is 1.29 bits per heavy atom. The van der Waals surface area contributed by atoms with Gasteiger partial charge >= 0.3 is 0 Å². The minimum Gasteiger partial charge on any atom is -0.337 e. The van der Waals surface area contributed by atoms with E-state index in [-0.39, 0.29) is 0 Å². The van der Waals surface area contributed by atoms with E-state index in [9.17, 15) is 23.6 Å². The Hall–Kier alpha value is -2.83. The number of carbonyl (C=O) groups is 2. The van der Waals surface area contributed by atoms with Gasteiger partial charge in [0, 0.05) is 19.5 Å². The molecule has 0 spiro atoms. The molecule has 0 saturated carbocycles. The number of nitrogens with zero attached hydrogens (tertiary/aromatic N) is 3. The van der Waals surface area contributed by atoms with Crippen molar-refractivity contribution in [3.63, 3.8) is 0 Å². The topological polar surface area (TPSA) is 96.7 Å². The van der Waals surface area contributed by atoms with E-state index < -0.39 is 42.7 Å². The Kier molecular flexibility index (Phi) is 6.43. The van der Waals surface area contributed by atoms with E-state index in [0.29, 0.717) is 25.1 Å². The van der Waals surface area contributed by atoms with Gasteiger partial charge < -0.3 is 4.90 Å². The number of hydrogen-bond acceptors (Lipinski definition) is 5. The summed E-state index contributed by atoms with van der Waals surface area (Å²) in [4.78, 5) is 27.9. The van der Waals surface area contributed by atoms with Crippen LogP contribution in [0.4, 0.5) is 8.78 Å². The summed E-state index contributed by atoms with van der Waals surface area (Å²) < 4.78 is 28.0. The Bertz CT molecular complexity index is 947. The fourth-order valence-corrected chi connectivity index (χ4v) is 4.59. The maximum atomic E-state index is 14.0. The molecular weight excluding hydrogens is 406 g/mol. The molecule has 2 atom stereocenters. The SMILES string of the molecule is Cc1cc(C2=CCN(C(=O)[C@@H]3[C@@H](C(=O)NO)CC(F)(F)CN3C)CC2)cc(C)c1C#N. The van der Waals surface area contributed by atoms with E-state index in [1.165, 1.54) is 17.4 Å².